The molecule has 1 aromatic heterocycles. The summed E-state index contributed by atoms with van der Waals surface area (Å²) in [5.74, 6) is -0.242. The molecule has 0 saturated heterocycles. The quantitative estimate of drug-likeness (QED) is 0.915. The maximum Gasteiger partial charge on any atom is 0.123 e. The summed E-state index contributed by atoms with van der Waals surface area (Å²) in [5, 5.41) is 4.33. The van der Waals surface area contributed by atoms with Crippen molar-refractivity contribution < 1.29 is 4.39 Å². The van der Waals surface area contributed by atoms with Crippen LogP contribution >= 0.6 is 15.9 Å². The van der Waals surface area contributed by atoms with Gasteiger partial charge in [0.15, 0.2) is 0 Å². The molecule has 0 saturated carbocycles. The van der Waals surface area contributed by atoms with Gasteiger partial charge < -0.3 is 5.73 Å². The van der Waals surface area contributed by atoms with Crippen molar-refractivity contribution in [2.45, 2.75) is 32.2 Å². The van der Waals surface area contributed by atoms with Gasteiger partial charge in [-0.25, -0.2) is 9.07 Å². The molecule has 1 aromatic carbocycles. The molecule has 0 radical (unpaired) electrons. The summed E-state index contributed by atoms with van der Waals surface area (Å²) in [6, 6.07) is 6.54. The molecule has 2 N–H and O–H groups in total. The van der Waals surface area contributed by atoms with E-state index in [1.807, 2.05) is 11.6 Å². The predicted octanol–water partition coefficient (Wildman–Crippen LogP) is 3.44. The Morgan fingerprint density at radius 1 is 1.37 bits per heavy atom. The van der Waals surface area contributed by atoms with Crippen LogP contribution in [0.2, 0.25) is 0 Å². The van der Waals surface area contributed by atoms with Gasteiger partial charge in [0.25, 0.3) is 0 Å². The van der Waals surface area contributed by atoms with Crippen LogP contribution in [0.4, 0.5) is 4.39 Å². The van der Waals surface area contributed by atoms with Gasteiger partial charge in [-0.15, -0.1) is 0 Å². The molecule has 2 rings (SSSR count). The maximum atomic E-state index is 12.9. The molecule has 19 heavy (non-hydrogen) atoms. The zero-order valence-corrected chi connectivity index (χ0v) is 12.4. The molecule has 3 nitrogen and oxygen atoms in total. The van der Waals surface area contributed by atoms with Crippen LogP contribution in [0.25, 0.3) is 5.69 Å². The molecule has 1 heterocycles. The lowest BCUT2D eigenvalue weighted by atomic mass is 10.1. The first kappa shape index (κ1) is 14.2. The van der Waals surface area contributed by atoms with Crippen LogP contribution in [0.3, 0.4) is 0 Å². The highest BCUT2D eigenvalue weighted by Crippen LogP contribution is 2.22. The van der Waals surface area contributed by atoms with Crippen molar-refractivity contribution in [2.24, 2.45) is 5.73 Å². The molecular formula is C14H17BrFN3. The van der Waals surface area contributed by atoms with E-state index >= 15 is 0 Å². The zero-order valence-electron chi connectivity index (χ0n) is 10.8. The van der Waals surface area contributed by atoms with Gasteiger partial charge in [0.05, 0.1) is 22.1 Å². The van der Waals surface area contributed by atoms with Crippen LogP contribution in [0, 0.1) is 5.82 Å². The smallest absolute Gasteiger partial charge is 0.123 e. The minimum atomic E-state index is -0.242. The van der Waals surface area contributed by atoms with Crippen LogP contribution in [0.15, 0.2) is 34.9 Å². The van der Waals surface area contributed by atoms with Gasteiger partial charge in [-0.2, -0.15) is 5.10 Å². The third-order valence-corrected chi connectivity index (χ3v) is 3.62. The average molecular weight is 326 g/mol. The van der Waals surface area contributed by atoms with Gasteiger partial charge in [-0.1, -0.05) is 0 Å². The number of nitrogens with zero attached hydrogens (tertiary/aromatic N) is 2. The molecule has 0 aliphatic rings. The Morgan fingerprint density at radius 3 is 2.68 bits per heavy atom. The molecule has 102 valence electrons. The maximum absolute atomic E-state index is 12.9. The molecule has 1 atom stereocenters. The largest absolute Gasteiger partial charge is 0.328 e. The number of hydrogen-bond acceptors (Lipinski definition) is 2. The fourth-order valence-electron chi connectivity index (χ4n) is 1.98. The fourth-order valence-corrected chi connectivity index (χ4v) is 2.43. The molecule has 0 bridgehead atoms. The normalized spacial score (nSPS) is 12.6. The SMILES string of the molecule is C[C@H](N)CCCc1c(Br)cnn1-c1ccc(F)cc1. The highest BCUT2D eigenvalue weighted by Gasteiger charge is 2.10. The Balaban J connectivity index is 2.19. The third-order valence-electron chi connectivity index (χ3n) is 2.96. The molecule has 0 amide bonds. The minimum absolute atomic E-state index is 0.209. The topological polar surface area (TPSA) is 43.8 Å². The lowest BCUT2D eigenvalue weighted by Gasteiger charge is -2.09. The lowest BCUT2D eigenvalue weighted by molar-refractivity contribution is 0.610. The Hall–Kier alpha value is -1.20. The van der Waals surface area contributed by atoms with Crippen molar-refractivity contribution >= 4 is 15.9 Å². The van der Waals surface area contributed by atoms with Crippen molar-refractivity contribution in [3.63, 3.8) is 0 Å². The van der Waals surface area contributed by atoms with Gasteiger partial charge in [0.2, 0.25) is 0 Å². The second-order valence-electron chi connectivity index (χ2n) is 4.70. The van der Waals surface area contributed by atoms with Gasteiger partial charge in [0, 0.05) is 6.04 Å². The van der Waals surface area contributed by atoms with E-state index in [1.54, 1.807) is 18.3 Å². The zero-order chi connectivity index (χ0) is 13.8. The van der Waals surface area contributed by atoms with E-state index in [9.17, 15) is 4.39 Å². The van der Waals surface area contributed by atoms with Crippen LogP contribution in [0.1, 0.15) is 25.5 Å². The molecular weight excluding hydrogens is 309 g/mol. The molecule has 0 fully saturated rings. The van der Waals surface area contributed by atoms with E-state index in [4.69, 9.17) is 5.73 Å². The molecule has 0 aliphatic carbocycles. The minimum Gasteiger partial charge on any atom is -0.328 e. The van der Waals surface area contributed by atoms with Gasteiger partial charge >= 0.3 is 0 Å². The number of rotatable bonds is 5. The lowest BCUT2D eigenvalue weighted by Crippen LogP contribution is -2.15. The first-order chi connectivity index (χ1) is 9.08. The molecule has 0 unspecified atom stereocenters. The molecule has 2 aromatic rings. The van der Waals surface area contributed by atoms with Crippen molar-refractivity contribution in [3.8, 4) is 5.69 Å². The van der Waals surface area contributed by atoms with Crippen molar-refractivity contribution in [1.29, 1.82) is 0 Å². The Kier molecular flexibility index (Phi) is 4.71. The van der Waals surface area contributed by atoms with E-state index < -0.39 is 0 Å². The number of benzene rings is 1. The van der Waals surface area contributed by atoms with Crippen LogP contribution in [-0.2, 0) is 6.42 Å². The molecule has 0 aliphatic heterocycles. The number of halogens is 2. The fraction of sp³-hybridized carbons (Fsp3) is 0.357. The molecule has 0 spiro atoms. The van der Waals surface area contributed by atoms with Gasteiger partial charge in [-0.05, 0) is 66.4 Å². The summed E-state index contributed by atoms with van der Waals surface area (Å²) in [6.45, 7) is 2.01. The third kappa shape index (κ3) is 3.64. The second-order valence-corrected chi connectivity index (χ2v) is 5.55. The van der Waals surface area contributed by atoms with E-state index in [2.05, 4.69) is 21.0 Å². The Morgan fingerprint density at radius 2 is 2.05 bits per heavy atom. The highest BCUT2D eigenvalue weighted by molar-refractivity contribution is 9.10. The number of hydrogen-bond donors (Lipinski definition) is 1. The van der Waals surface area contributed by atoms with Crippen molar-refractivity contribution in [3.05, 3.63) is 46.4 Å². The predicted molar refractivity (Wildman–Crippen MR) is 77.8 cm³/mol. The number of aromatic nitrogens is 2. The monoisotopic (exact) mass is 325 g/mol. The van der Waals surface area contributed by atoms with Gasteiger partial charge in [0.1, 0.15) is 5.82 Å². The van der Waals surface area contributed by atoms with Crippen LogP contribution in [-0.4, -0.2) is 15.8 Å². The Labute approximate surface area is 120 Å². The first-order valence-electron chi connectivity index (χ1n) is 6.32. The summed E-state index contributed by atoms with van der Waals surface area (Å²) in [7, 11) is 0. The first-order valence-corrected chi connectivity index (χ1v) is 7.11. The van der Waals surface area contributed by atoms with Crippen molar-refractivity contribution in [2.75, 3.05) is 0 Å². The van der Waals surface area contributed by atoms with Crippen LogP contribution < -0.4 is 5.73 Å². The van der Waals surface area contributed by atoms with Gasteiger partial charge in [-0.3, -0.25) is 0 Å². The summed E-state index contributed by atoms with van der Waals surface area (Å²) < 4.78 is 15.8. The summed E-state index contributed by atoms with van der Waals surface area (Å²) >= 11 is 3.51. The van der Waals surface area contributed by atoms with E-state index in [0.29, 0.717) is 0 Å². The van der Waals surface area contributed by atoms with E-state index in [-0.39, 0.29) is 11.9 Å². The van der Waals surface area contributed by atoms with E-state index in [0.717, 1.165) is 35.1 Å². The summed E-state index contributed by atoms with van der Waals surface area (Å²) in [5.41, 5.74) is 7.71. The van der Waals surface area contributed by atoms with E-state index in [1.165, 1.54) is 12.1 Å². The summed E-state index contributed by atoms with van der Waals surface area (Å²) in [6.07, 6.45) is 4.63. The molecule has 5 heteroatoms. The van der Waals surface area contributed by atoms with Crippen molar-refractivity contribution in [1.82, 2.24) is 9.78 Å². The highest BCUT2D eigenvalue weighted by atomic mass is 79.9. The number of nitrogens with two attached hydrogens (primary N) is 1. The standard InChI is InChI=1S/C14H17BrFN3/c1-10(17)3-2-4-14-13(15)9-18-19(14)12-7-5-11(16)6-8-12/h5-10H,2-4,17H2,1H3/t10-/m0/s1. The Bertz CT molecular complexity index is 534. The average Bonchev–Trinajstić information content (AvgIpc) is 2.72. The second kappa shape index (κ2) is 6.30. The van der Waals surface area contributed by atoms with Crippen LogP contribution in [0.5, 0.6) is 0 Å². The summed E-state index contributed by atoms with van der Waals surface area (Å²) in [4.78, 5) is 0.